The Morgan fingerprint density at radius 2 is 2.04 bits per heavy atom. The Kier molecular flexibility index (Phi) is 5.37. The van der Waals surface area contributed by atoms with Gasteiger partial charge in [0, 0.05) is 12.1 Å². The fourth-order valence-electron chi connectivity index (χ4n) is 2.36. The molecule has 1 heterocycles. The molecule has 0 amide bonds. The van der Waals surface area contributed by atoms with Gasteiger partial charge in [-0.15, -0.1) is 0 Å². The lowest BCUT2D eigenvalue weighted by atomic mass is 10.2. The van der Waals surface area contributed by atoms with Gasteiger partial charge in [0.2, 0.25) is 0 Å². The molecule has 0 aliphatic carbocycles. The largest absolute Gasteiger partial charge is 0.493 e. The summed E-state index contributed by atoms with van der Waals surface area (Å²) in [7, 11) is 0. The number of rotatable bonds is 7. The van der Waals surface area contributed by atoms with Crippen LogP contribution in [0.5, 0.6) is 5.75 Å². The van der Waals surface area contributed by atoms with Crippen LogP contribution in [0.3, 0.4) is 0 Å². The van der Waals surface area contributed by atoms with Crippen molar-refractivity contribution in [1.29, 1.82) is 0 Å². The van der Waals surface area contributed by atoms with E-state index < -0.39 is 10.9 Å². The molecule has 9 heteroatoms. The molecule has 3 rings (SSSR count). The first-order valence-electron chi connectivity index (χ1n) is 7.89. The molecule has 0 saturated carbocycles. The molecule has 138 valence electrons. The Morgan fingerprint density at radius 1 is 1.30 bits per heavy atom. The number of ether oxygens (including phenoxy) is 1. The highest BCUT2D eigenvalue weighted by molar-refractivity contribution is 6.50. The summed E-state index contributed by atoms with van der Waals surface area (Å²) in [5.74, 6) is 0.0343. The number of fused-ring (bicyclic) bond motifs is 1. The van der Waals surface area contributed by atoms with Crippen LogP contribution < -0.4 is 4.74 Å². The van der Waals surface area contributed by atoms with Crippen LogP contribution in [-0.2, 0) is 4.79 Å². The molecule has 0 bridgehead atoms. The number of carboxylic acid groups (broad SMARTS) is 1. The second kappa shape index (κ2) is 7.88. The van der Waals surface area contributed by atoms with Gasteiger partial charge in [0.1, 0.15) is 11.6 Å². The number of aromatic nitrogens is 2. The number of nitrogens with zero attached hydrogens (tertiary/aromatic N) is 2. The predicted molar refractivity (Wildman–Crippen MR) is 101 cm³/mol. The number of benzene rings is 2. The van der Waals surface area contributed by atoms with Crippen molar-refractivity contribution in [2.24, 2.45) is 0 Å². The van der Waals surface area contributed by atoms with Gasteiger partial charge in [-0.25, -0.2) is 4.98 Å². The zero-order valence-corrected chi connectivity index (χ0v) is 14.6. The molecule has 8 nitrogen and oxygen atoms in total. The molecule has 0 unspecified atom stereocenters. The highest BCUT2D eigenvalue weighted by Gasteiger charge is 2.11. The number of hydrogen-bond donors (Lipinski definition) is 2. The molecule has 0 spiro atoms. The smallest absolute Gasteiger partial charge is 0.306 e. The van der Waals surface area contributed by atoms with E-state index in [1.807, 2.05) is 0 Å². The summed E-state index contributed by atoms with van der Waals surface area (Å²) in [6, 6.07) is 11.3. The van der Waals surface area contributed by atoms with E-state index in [9.17, 15) is 14.9 Å². The summed E-state index contributed by atoms with van der Waals surface area (Å²) in [4.78, 5) is 28.1. The number of nitrogens with one attached hydrogen (secondary N) is 1. The number of non-ortho nitro benzene ring substituents is 1. The van der Waals surface area contributed by atoms with E-state index in [1.165, 1.54) is 12.1 Å². The van der Waals surface area contributed by atoms with Gasteiger partial charge in [0.15, 0.2) is 0 Å². The highest BCUT2D eigenvalue weighted by atomic mass is 35.5. The summed E-state index contributed by atoms with van der Waals surface area (Å²) in [5, 5.41) is 19.8. The van der Waals surface area contributed by atoms with Gasteiger partial charge in [-0.2, -0.15) is 0 Å². The van der Waals surface area contributed by atoms with Crippen LogP contribution in [0.25, 0.3) is 22.1 Å². The Labute approximate surface area is 158 Å². The van der Waals surface area contributed by atoms with Crippen molar-refractivity contribution in [3.05, 3.63) is 64.0 Å². The van der Waals surface area contributed by atoms with Crippen LogP contribution in [0.1, 0.15) is 17.8 Å². The van der Waals surface area contributed by atoms with Crippen LogP contribution >= 0.6 is 11.6 Å². The summed E-state index contributed by atoms with van der Waals surface area (Å²) < 4.78 is 5.32. The van der Waals surface area contributed by atoms with Gasteiger partial charge in [0.05, 0.1) is 34.0 Å². The molecule has 27 heavy (non-hydrogen) atoms. The topological polar surface area (TPSA) is 118 Å². The molecular formula is C18H14ClN3O5. The lowest BCUT2D eigenvalue weighted by Crippen LogP contribution is -2.04. The van der Waals surface area contributed by atoms with Crippen molar-refractivity contribution in [2.45, 2.75) is 6.42 Å². The first-order chi connectivity index (χ1) is 12.9. The van der Waals surface area contributed by atoms with Gasteiger partial charge < -0.3 is 14.8 Å². The molecule has 3 aromatic rings. The molecular weight excluding hydrogens is 374 g/mol. The minimum atomic E-state index is -0.919. The SMILES string of the molecule is O=C(O)CCOc1ccc(/C=C(\Cl)c2nc3ccc([N+](=O)[O-])cc3[nH]2)cc1. The van der Waals surface area contributed by atoms with Crippen molar-refractivity contribution in [2.75, 3.05) is 6.61 Å². The van der Waals surface area contributed by atoms with Crippen LogP contribution in [0.4, 0.5) is 5.69 Å². The number of imidazole rings is 1. The average molecular weight is 388 g/mol. The molecule has 2 N–H and O–H groups in total. The van der Waals surface area contributed by atoms with E-state index in [0.717, 1.165) is 5.56 Å². The van der Waals surface area contributed by atoms with E-state index >= 15 is 0 Å². The second-order valence-electron chi connectivity index (χ2n) is 5.60. The second-order valence-corrected chi connectivity index (χ2v) is 6.00. The van der Waals surface area contributed by atoms with Gasteiger partial charge in [0.25, 0.3) is 5.69 Å². The standard InChI is InChI=1S/C18H14ClN3O5/c19-14(9-11-1-4-13(5-2-11)27-8-7-17(23)24)18-20-15-6-3-12(22(25)26)10-16(15)21-18/h1-6,9-10H,7-8H2,(H,20,21)(H,23,24)/b14-9-. The predicted octanol–water partition coefficient (Wildman–Crippen LogP) is 4.06. The Bertz CT molecular complexity index is 1030. The third-order valence-electron chi connectivity index (χ3n) is 3.66. The minimum Gasteiger partial charge on any atom is -0.493 e. The maximum absolute atomic E-state index is 10.8. The minimum absolute atomic E-state index is 0.0312. The first-order valence-corrected chi connectivity index (χ1v) is 8.26. The lowest BCUT2D eigenvalue weighted by molar-refractivity contribution is -0.384. The van der Waals surface area contributed by atoms with Crippen molar-refractivity contribution in [1.82, 2.24) is 9.97 Å². The number of nitro groups is 1. The summed E-state index contributed by atoms with van der Waals surface area (Å²) in [6.45, 7) is 0.0936. The van der Waals surface area contributed by atoms with Crippen LogP contribution in [0.15, 0.2) is 42.5 Å². The highest BCUT2D eigenvalue weighted by Crippen LogP contribution is 2.25. The van der Waals surface area contributed by atoms with Crippen LogP contribution in [0, 0.1) is 10.1 Å². The van der Waals surface area contributed by atoms with Gasteiger partial charge in [-0.05, 0) is 29.8 Å². The number of H-pyrrole nitrogens is 1. The first kappa shape index (κ1) is 18.4. The molecule has 0 aliphatic rings. The van der Waals surface area contributed by atoms with Gasteiger partial charge in [-0.1, -0.05) is 23.7 Å². The zero-order valence-electron chi connectivity index (χ0n) is 13.9. The number of halogens is 1. The maximum atomic E-state index is 10.8. The van der Waals surface area contributed by atoms with Crippen LogP contribution in [-0.4, -0.2) is 32.6 Å². The molecule has 0 atom stereocenters. The zero-order chi connectivity index (χ0) is 19.4. The third-order valence-corrected chi connectivity index (χ3v) is 3.95. The number of carboxylic acids is 1. The number of carbonyl (C=O) groups is 1. The van der Waals surface area contributed by atoms with Crippen molar-refractivity contribution < 1.29 is 19.6 Å². The summed E-state index contributed by atoms with van der Waals surface area (Å²) in [5.41, 5.74) is 1.85. The monoisotopic (exact) mass is 387 g/mol. The lowest BCUT2D eigenvalue weighted by Gasteiger charge is -2.04. The molecule has 0 radical (unpaired) electrons. The Morgan fingerprint density at radius 3 is 2.70 bits per heavy atom. The number of aliphatic carboxylic acids is 1. The van der Waals surface area contributed by atoms with Gasteiger partial charge >= 0.3 is 5.97 Å². The normalized spacial score (nSPS) is 11.5. The third kappa shape index (κ3) is 4.62. The summed E-state index contributed by atoms with van der Waals surface area (Å²) in [6.07, 6.45) is 1.62. The molecule has 1 aromatic heterocycles. The van der Waals surface area contributed by atoms with Crippen LogP contribution in [0.2, 0.25) is 0 Å². The maximum Gasteiger partial charge on any atom is 0.306 e. The fraction of sp³-hybridized carbons (Fsp3) is 0.111. The van der Waals surface area contributed by atoms with E-state index in [2.05, 4.69) is 9.97 Å². The van der Waals surface area contributed by atoms with Gasteiger partial charge in [-0.3, -0.25) is 14.9 Å². The van der Waals surface area contributed by atoms with Crippen molar-refractivity contribution >= 4 is 45.4 Å². The van der Waals surface area contributed by atoms with E-state index in [0.29, 0.717) is 27.6 Å². The summed E-state index contributed by atoms with van der Waals surface area (Å²) >= 11 is 6.31. The number of nitro benzene ring substituents is 1. The molecule has 0 fully saturated rings. The fourth-order valence-corrected chi connectivity index (χ4v) is 2.57. The van der Waals surface area contributed by atoms with Crippen molar-refractivity contribution in [3.8, 4) is 5.75 Å². The molecule has 0 aliphatic heterocycles. The van der Waals surface area contributed by atoms with E-state index in [-0.39, 0.29) is 18.7 Å². The number of aromatic amines is 1. The van der Waals surface area contributed by atoms with E-state index in [1.54, 1.807) is 36.4 Å². The average Bonchev–Trinajstić information content (AvgIpc) is 3.06. The number of hydrogen-bond acceptors (Lipinski definition) is 5. The molecule has 2 aromatic carbocycles. The Balaban J connectivity index is 1.75. The van der Waals surface area contributed by atoms with E-state index in [4.69, 9.17) is 21.4 Å². The van der Waals surface area contributed by atoms with Crippen molar-refractivity contribution in [3.63, 3.8) is 0 Å². The quantitative estimate of drug-likeness (QED) is 0.466. The Hall–Kier alpha value is -3.39. The molecule has 0 saturated heterocycles.